The zero-order valence-corrected chi connectivity index (χ0v) is 13.6. The Labute approximate surface area is 134 Å². The van der Waals surface area contributed by atoms with E-state index in [9.17, 15) is 9.90 Å². The number of nitrogens with zero attached hydrogens (tertiary/aromatic N) is 2. The van der Waals surface area contributed by atoms with E-state index < -0.39 is 6.10 Å². The van der Waals surface area contributed by atoms with E-state index in [1.165, 1.54) is 0 Å². The van der Waals surface area contributed by atoms with Gasteiger partial charge in [0.05, 0.1) is 42.5 Å². The van der Waals surface area contributed by atoms with Crippen LogP contribution in [0.5, 0.6) is 0 Å². The largest absolute Gasteiger partial charge is 0.389 e. The summed E-state index contributed by atoms with van der Waals surface area (Å²) < 4.78 is 5.36. The standard InChI is InChI=1S/C15H23N3O3S/c1-10-16-11(9-22-10)8-14(19)17-12-2-3-13(15(12)20)18-4-6-21-7-5-18/h9,12-13,15,20H,2-8H2,1H3,(H,17,19)/t12-,13-,15-/m1/s1. The Kier molecular flexibility index (Phi) is 5.07. The van der Waals surface area contributed by atoms with Crippen molar-refractivity contribution >= 4 is 17.2 Å². The molecule has 0 spiro atoms. The number of morpholine rings is 1. The third kappa shape index (κ3) is 3.65. The van der Waals surface area contributed by atoms with Gasteiger partial charge in [-0.1, -0.05) is 0 Å². The van der Waals surface area contributed by atoms with E-state index in [4.69, 9.17) is 4.74 Å². The van der Waals surface area contributed by atoms with Crippen molar-refractivity contribution in [3.63, 3.8) is 0 Å². The van der Waals surface area contributed by atoms with Crippen molar-refractivity contribution in [2.24, 2.45) is 0 Å². The molecule has 2 N–H and O–H groups in total. The number of aromatic nitrogens is 1. The van der Waals surface area contributed by atoms with Crippen molar-refractivity contribution in [1.82, 2.24) is 15.2 Å². The number of nitrogens with one attached hydrogen (secondary N) is 1. The van der Waals surface area contributed by atoms with Gasteiger partial charge in [0.2, 0.25) is 5.91 Å². The second kappa shape index (κ2) is 7.04. The Morgan fingerprint density at radius 2 is 2.27 bits per heavy atom. The normalized spacial score (nSPS) is 29.6. The summed E-state index contributed by atoms with van der Waals surface area (Å²) in [5.74, 6) is -0.0584. The average molecular weight is 325 g/mol. The lowest BCUT2D eigenvalue weighted by Gasteiger charge is -2.34. The van der Waals surface area contributed by atoms with Gasteiger partial charge in [0.15, 0.2) is 0 Å². The zero-order chi connectivity index (χ0) is 15.5. The molecule has 0 radical (unpaired) electrons. The fourth-order valence-electron chi connectivity index (χ4n) is 3.34. The Hall–Kier alpha value is -1.02. The number of aliphatic hydroxyl groups excluding tert-OH is 1. The van der Waals surface area contributed by atoms with Crippen molar-refractivity contribution in [2.75, 3.05) is 26.3 Å². The topological polar surface area (TPSA) is 74.7 Å². The third-order valence-electron chi connectivity index (χ3n) is 4.45. The number of aryl methyl sites for hydroxylation is 1. The molecule has 2 heterocycles. The molecule has 0 bridgehead atoms. The molecule has 22 heavy (non-hydrogen) atoms. The summed E-state index contributed by atoms with van der Waals surface area (Å²) >= 11 is 1.55. The molecule has 1 aliphatic carbocycles. The van der Waals surface area contributed by atoms with E-state index >= 15 is 0 Å². The number of ether oxygens (including phenoxy) is 1. The first kappa shape index (κ1) is 15.9. The number of hydrogen-bond donors (Lipinski definition) is 2. The second-order valence-corrected chi connectivity index (χ2v) is 7.05. The molecule has 1 aliphatic heterocycles. The summed E-state index contributed by atoms with van der Waals surface area (Å²) in [4.78, 5) is 18.7. The highest BCUT2D eigenvalue weighted by atomic mass is 32.1. The van der Waals surface area contributed by atoms with Gasteiger partial charge in [-0.25, -0.2) is 4.98 Å². The lowest BCUT2D eigenvalue weighted by Crippen LogP contribution is -2.51. The minimum atomic E-state index is -0.501. The average Bonchev–Trinajstić information content (AvgIpc) is 3.07. The maximum absolute atomic E-state index is 12.1. The van der Waals surface area contributed by atoms with Gasteiger partial charge in [0, 0.05) is 24.5 Å². The first-order valence-corrected chi connectivity index (χ1v) is 8.71. The number of thiazole rings is 1. The van der Waals surface area contributed by atoms with Crippen LogP contribution in [0.4, 0.5) is 0 Å². The van der Waals surface area contributed by atoms with Gasteiger partial charge in [-0.3, -0.25) is 9.69 Å². The van der Waals surface area contributed by atoms with E-state index in [0.717, 1.165) is 49.8 Å². The van der Waals surface area contributed by atoms with Gasteiger partial charge in [-0.15, -0.1) is 11.3 Å². The summed E-state index contributed by atoms with van der Waals surface area (Å²) in [7, 11) is 0. The van der Waals surface area contributed by atoms with Crippen LogP contribution in [0, 0.1) is 6.92 Å². The second-order valence-electron chi connectivity index (χ2n) is 5.99. The summed E-state index contributed by atoms with van der Waals surface area (Å²) in [6, 6.07) is -0.0178. The molecular weight excluding hydrogens is 302 g/mol. The van der Waals surface area contributed by atoms with E-state index in [0.29, 0.717) is 0 Å². The van der Waals surface area contributed by atoms with E-state index in [1.54, 1.807) is 11.3 Å². The first-order valence-electron chi connectivity index (χ1n) is 7.83. The molecule has 0 aromatic carbocycles. The molecule has 2 aliphatic rings. The predicted octanol–water partition coefficient (Wildman–Crippen LogP) is 0.334. The van der Waals surface area contributed by atoms with Crippen molar-refractivity contribution in [2.45, 2.75) is 44.4 Å². The summed E-state index contributed by atoms with van der Waals surface area (Å²) in [6.07, 6.45) is 1.53. The quantitative estimate of drug-likeness (QED) is 0.835. The molecule has 3 atom stereocenters. The van der Waals surface area contributed by atoms with Gasteiger partial charge in [-0.05, 0) is 19.8 Å². The van der Waals surface area contributed by atoms with Crippen molar-refractivity contribution in [3.05, 3.63) is 16.1 Å². The van der Waals surface area contributed by atoms with Gasteiger partial charge in [0.25, 0.3) is 0 Å². The predicted molar refractivity (Wildman–Crippen MR) is 83.9 cm³/mol. The highest BCUT2D eigenvalue weighted by Crippen LogP contribution is 2.25. The van der Waals surface area contributed by atoms with E-state index in [1.807, 2.05) is 12.3 Å². The molecule has 1 saturated carbocycles. The Bertz CT molecular complexity index is 516. The highest BCUT2D eigenvalue weighted by Gasteiger charge is 2.39. The molecule has 0 unspecified atom stereocenters. The summed E-state index contributed by atoms with van der Waals surface area (Å²) in [5.41, 5.74) is 0.803. The van der Waals surface area contributed by atoms with E-state index in [-0.39, 0.29) is 24.4 Å². The number of aliphatic hydroxyl groups is 1. The van der Waals surface area contributed by atoms with Crippen LogP contribution < -0.4 is 5.32 Å². The minimum Gasteiger partial charge on any atom is -0.389 e. The summed E-state index contributed by atoms with van der Waals surface area (Å²) in [5, 5.41) is 16.4. The van der Waals surface area contributed by atoms with Crippen molar-refractivity contribution in [3.8, 4) is 0 Å². The maximum atomic E-state index is 12.1. The van der Waals surface area contributed by atoms with Gasteiger partial charge < -0.3 is 15.2 Å². The number of carbonyl (C=O) groups excluding carboxylic acids is 1. The maximum Gasteiger partial charge on any atom is 0.226 e. The third-order valence-corrected chi connectivity index (χ3v) is 5.27. The van der Waals surface area contributed by atoms with Crippen LogP contribution in [0.1, 0.15) is 23.5 Å². The number of carbonyl (C=O) groups is 1. The van der Waals surface area contributed by atoms with Crippen LogP contribution in [0.25, 0.3) is 0 Å². The molecule has 1 aromatic rings. The van der Waals surface area contributed by atoms with Crippen LogP contribution in [-0.2, 0) is 16.0 Å². The van der Waals surface area contributed by atoms with Gasteiger partial charge in [-0.2, -0.15) is 0 Å². The Balaban J connectivity index is 1.51. The van der Waals surface area contributed by atoms with Gasteiger partial charge >= 0.3 is 0 Å². The van der Waals surface area contributed by atoms with Crippen LogP contribution in [-0.4, -0.2) is 65.4 Å². The monoisotopic (exact) mass is 325 g/mol. The molecule has 1 aromatic heterocycles. The Morgan fingerprint density at radius 3 is 2.95 bits per heavy atom. The smallest absolute Gasteiger partial charge is 0.226 e. The highest BCUT2D eigenvalue weighted by molar-refractivity contribution is 7.09. The minimum absolute atomic E-state index is 0.0584. The van der Waals surface area contributed by atoms with E-state index in [2.05, 4.69) is 15.2 Å². The van der Waals surface area contributed by atoms with Gasteiger partial charge in [0.1, 0.15) is 0 Å². The van der Waals surface area contributed by atoms with Crippen LogP contribution in [0.2, 0.25) is 0 Å². The summed E-state index contributed by atoms with van der Waals surface area (Å²) in [6.45, 7) is 5.10. The van der Waals surface area contributed by atoms with Crippen LogP contribution in [0.15, 0.2) is 5.38 Å². The molecule has 6 nitrogen and oxygen atoms in total. The lowest BCUT2D eigenvalue weighted by atomic mass is 10.1. The first-order chi connectivity index (χ1) is 10.6. The molecule has 7 heteroatoms. The van der Waals surface area contributed by atoms with Crippen LogP contribution >= 0.6 is 11.3 Å². The van der Waals surface area contributed by atoms with Crippen molar-refractivity contribution < 1.29 is 14.6 Å². The molecule has 1 saturated heterocycles. The SMILES string of the molecule is Cc1nc(CC(=O)N[C@@H]2CC[C@@H](N3CCOCC3)[C@@H]2O)cs1. The molecule has 122 valence electrons. The zero-order valence-electron chi connectivity index (χ0n) is 12.8. The Morgan fingerprint density at radius 1 is 1.50 bits per heavy atom. The number of rotatable bonds is 4. The fourth-order valence-corrected chi connectivity index (χ4v) is 3.95. The number of hydrogen-bond acceptors (Lipinski definition) is 6. The molecule has 2 fully saturated rings. The van der Waals surface area contributed by atoms with Crippen molar-refractivity contribution in [1.29, 1.82) is 0 Å². The molecular formula is C15H23N3O3S. The lowest BCUT2D eigenvalue weighted by molar-refractivity contribution is -0.122. The fraction of sp³-hybridized carbons (Fsp3) is 0.733. The van der Waals surface area contributed by atoms with Crippen LogP contribution in [0.3, 0.4) is 0 Å². The molecule has 3 rings (SSSR count). The number of amides is 1. The molecule has 1 amide bonds.